The Morgan fingerprint density at radius 1 is 1.75 bits per heavy atom. The molecule has 1 fully saturated rings. The van der Waals surface area contributed by atoms with Crippen molar-refractivity contribution in [3.63, 3.8) is 0 Å². The molecule has 5 nitrogen and oxygen atoms in total. The van der Waals surface area contributed by atoms with Crippen LogP contribution in [0.2, 0.25) is 0 Å². The van der Waals surface area contributed by atoms with Crippen molar-refractivity contribution in [2.75, 3.05) is 18.5 Å². The van der Waals surface area contributed by atoms with E-state index in [0.717, 1.165) is 19.4 Å². The van der Waals surface area contributed by atoms with Crippen molar-refractivity contribution in [2.45, 2.75) is 25.9 Å². The van der Waals surface area contributed by atoms with Gasteiger partial charge < -0.3 is 15.2 Å². The first-order chi connectivity index (χ1) is 7.66. The molecule has 1 aromatic rings. The fraction of sp³-hybridized carbons (Fsp3) is 0.600. The molecule has 0 saturated carbocycles. The van der Waals surface area contributed by atoms with Crippen LogP contribution in [0.1, 0.15) is 28.2 Å². The van der Waals surface area contributed by atoms with Gasteiger partial charge in [-0.15, -0.1) is 0 Å². The van der Waals surface area contributed by atoms with E-state index in [4.69, 9.17) is 9.84 Å². The van der Waals surface area contributed by atoms with Gasteiger partial charge in [-0.3, -0.25) is 0 Å². The zero-order valence-electron chi connectivity index (χ0n) is 9.02. The molecule has 0 aliphatic carbocycles. The van der Waals surface area contributed by atoms with Gasteiger partial charge in [0.2, 0.25) is 0 Å². The molecule has 1 atom stereocenters. The monoisotopic (exact) mass is 242 g/mol. The van der Waals surface area contributed by atoms with Crippen molar-refractivity contribution in [3.8, 4) is 0 Å². The fourth-order valence-corrected chi connectivity index (χ4v) is 2.49. The molecule has 0 aromatic carbocycles. The number of carboxylic acid groups (broad SMARTS) is 1. The first-order valence-corrected chi connectivity index (χ1v) is 6.04. The van der Waals surface area contributed by atoms with Crippen molar-refractivity contribution in [1.82, 2.24) is 4.98 Å². The summed E-state index contributed by atoms with van der Waals surface area (Å²) in [5.41, 5.74) is 0.562. The van der Waals surface area contributed by atoms with Gasteiger partial charge >= 0.3 is 5.97 Å². The van der Waals surface area contributed by atoms with Crippen molar-refractivity contribution < 1.29 is 14.6 Å². The lowest BCUT2D eigenvalue weighted by molar-refractivity contribution is 0.0701. The van der Waals surface area contributed by atoms with Gasteiger partial charge in [-0.25, -0.2) is 9.78 Å². The largest absolute Gasteiger partial charge is 0.477 e. The van der Waals surface area contributed by atoms with Crippen molar-refractivity contribution >= 4 is 22.4 Å². The number of hydrogen-bond acceptors (Lipinski definition) is 5. The maximum atomic E-state index is 10.8. The molecular formula is C10H14N2O3S. The van der Waals surface area contributed by atoms with Crippen molar-refractivity contribution in [2.24, 2.45) is 0 Å². The standard InChI is InChI=1S/C10H14N2O3S/c1-6-8(9(13)14)16-10(12-6)11-5-7-3-2-4-15-7/h7H,2-5H2,1H3,(H,11,12)(H,13,14). The molecule has 1 aromatic heterocycles. The van der Waals surface area contributed by atoms with Gasteiger partial charge in [0.15, 0.2) is 5.13 Å². The summed E-state index contributed by atoms with van der Waals surface area (Å²) in [6.07, 6.45) is 2.39. The summed E-state index contributed by atoms with van der Waals surface area (Å²) in [7, 11) is 0. The van der Waals surface area contributed by atoms with Gasteiger partial charge in [-0.2, -0.15) is 0 Å². The molecule has 0 amide bonds. The topological polar surface area (TPSA) is 71.5 Å². The number of rotatable bonds is 4. The first-order valence-electron chi connectivity index (χ1n) is 5.23. The summed E-state index contributed by atoms with van der Waals surface area (Å²) < 4.78 is 5.46. The highest BCUT2D eigenvalue weighted by Crippen LogP contribution is 2.23. The molecule has 0 radical (unpaired) electrons. The number of carbonyl (C=O) groups is 1. The van der Waals surface area contributed by atoms with Crippen molar-refractivity contribution in [3.05, 3.63) is 10.6 Å². The molecule has 88 valence electrons. The van der Waals surface area contributed by atoms with Crippen LogP contribution in [0.25, 0.3) is 0 Å². The average Bonchev–Trinajstić information content (AvgIpc) is 2.83. The van der Waals surface area contributed by atoms with Gasteiger partial charge in [0, 0.05) is 13.2 Å². The smallest absolute Gasteiger partial charge is 0.347 e. The van der Waals surface area contributed by atoms with Crippen LogP contribution in [-0.2, 0) is 4.74 Å². The van der Waals surface area contributed by atoms with Gasteiger partial charge in [-0.1, -0.05) is 11.3 Å². The molecule has 2 heterocycles. The number of thiazole rings is 1. The highest BCUT2D eigenvalue weighted by Gasteiger charge is 2.17. The van der Waals surface area contributed by atoms with E-state index in [9.17, 15) is 4.79 Å². The van der Waals surface area contributed by atoms with Crippen LogP contribution in [0, 0.1) is 6.92 Å². The summed E-state index contributed by atoms with van der Waals surface area (Å²) in [5, 5.41) is 12.7. The molecule has 0 bridgehead atoms. The molecule has 2 rings (SSSR count). The Balaban J connectivity index is 1.94. The zero-order chi connectivity index (χ0) is 11.5. The number of carboxylic acids is 1. The van der Waals surface area contributed by atoms with Crippen LogP contribution in [0.4, 0.5) is 5.13 Å². The summed E-state index contributed by atoms with van der Waals surface area (Å²) in [6, 6.07) is 0. The first kappa shape index (κ1) is 11.3. The Labute approximate surface area is 97.5 Å². The number of anilines is 1. The highest BCUT2D eigenvalue weighted by molar-refractivity contribution is 7.17. The number of hydrogen-bond donors (Lipinski definition) is 2. The minimum Gasteiger partial charge on any atom is -0.477 e. The third-order valence-corrected chi connectivity index (χ3v) is 3.60. The predicted octanol–water partition coefficient (Wildman–Crippen LogP) is 1.74. The minimum absolute atomic E-state index is 0.234. The molecule has 1 saturated heterocycles. The van der Waals surface area contributed by atoms with Gasteiger partial charge in [0.1, 0.15) is 4.88 Å². The number of ether oxygens (including phenoxy) is 1. The van der Waals surface area contributed by atoms with Crippen LogP contribution in [0.5, 0.6) is 0 Å². The summed E-state index contributed by atoms with van der Waals surface area (Å²) >= 11 is 1.17. The third kappa shape index (κ3) is 2.51. The molecule has 2 N–H and O–H groups in total. The average molecular weight is 242 g/mol. The van der Waals surface area contributed by atoms with Crippen LogP contribution in [-0.4, -0.2) is 35.3 Å². The maximum absolute atomic E-state index is 10.8. The van der Waals surface area contributed by atoms with E-state index in [1.807, 2.05) is 0 Å². The molecular weight excluding hydrogens is 228 g/mol. The maximum Gasteiger partial charge on any atom is 0.347 e. The van der Waals surface area contributed by atoms with E-state index < -0.39 is 5.97 Å². The lowest BCUT2D eigenvalue weighted by Crippen LogP contribution is -2.18. The number of nitrogens with zero attached hydrogens (tertiary/aromatic N) is 1. The Morgan fingerprint density at radius 3 is 3.12 bits per heavy atom. The van der Waals surface area contributed by atoms with Gasteiger partial charge in [0.05, 0.1) is 11.8 Å². The van der Waals surface area contributed by atoms with E-state index in [-0.39, 0.29) is 6.10 Å². The van der Waals surface area contributed by atoms with E-state index >= 15 is 0 Å². The van der Waals surface area contributed by atoms with E-state index in [1.54, 1.807) is 6.92 Å². The predicted molar refractivity (Wildman–Crippen MR) is 61.3 cm³/mol. The van der Waals surface area contributed by atoms with Crippen molar-refractivity contribution in [1.29, 1.82) is 0 Å². The van der Waals surface area contributed by atoms with E-state index in [1.165, 1.54) is 11.3 Å². The molecule has 1 aliphatic heterocycles. The Bertz CT molecular complexity index is 385. The SMILES string of the molecule is Cc1nc(NCC2CCCO2)sc1C(=O)O. The highest BCUT2D eigenvalue weighted by atomic mass is 32.1. The molecule has 6 heteroatoms. The second kappa shape index (κ2) is 4.80. The lowest BCUT2D eigenvalue weighted by Gasteiger charge is -2.08. The number of nitrogens with one attached hydrogen (secondary N) is 1. The van der Waals surface area contributed by atoms with Crippen LogP contribution >= 0.6 is 11.3 Å². The van der Waals surface area contributed by atoms with E-state index in [2.05, 4.69) is 10.3 Å². The normalized spacial score (nSPS) is 19.9. The molecule has 16 heavy (non-hydrogen) atoms. The van der Waals surface area contributed by atoms with Crippen LogP contribution in [0.3, 0.4) is 0 Å². The Morgan fingerprint density at radius 2 is 2.56 bits per heavy atom. The Kier molecular flexibility index (Phi) is 3.40. The lowest BCUT2D eigenvalue weighted by atomic mass is 10.2. The zero-order valence-corrected chi connectivity index (χ0v) is 9.84. The molecule has 0 spiro atoms. The van der Waals surface area contributed by atoms with Crippen LogP contribution < -0.4 is 5.32 Å². The van der Waals surface area contributed by atoms with Gasteiger partial charge in [0.25, 0.3) is 0 Å². The second-order valence-electron chi connectivity index (χ2n) is 3.75. The summed E-state index contributed by atoms with van der Waals surface area (Å²) in [4.78, 5) is 15.3. The number of aromatic nitrogens is 1. The Hall–Kier alpha value is -1.14. The quantitative estimate of drug-likeness (QED) is 0.841. The fourth-order valence-electron chi connectivity index (χ4n) is 1.68. The summed E-state index contributed by atoms with van der Waals surface area (Å²) in [6.45, 7) is 3.23. The third-order valence-electron chi connectivity index (χ3n) is 2.50. The second-order valence-corrected chi connectivity index (χ2v) is 4.75. The summed E-state index contributed by atoms with van der Waals surface area (Å²) in [5.74, 6) is -0.917. The number of aryl methyl sites for hydroxylation is 1. The van der Waals surface area contributed by atoms with Crippen LogP contribution in [0.15, 0.2) is 0 Å². The number of aromatic carboxylic acids is 1. The minimum atomic E-state index is -0.917. The molecule has 1 aliphatic rings. The van der Waals surface area contributed by atoms with Gasteiger partial charge in [-0.05, 0) is 19.8 Å². The van der Waals surface area contributed by atoms with E-state index in [0.29, 0.717) is 22.2 Å². The molecule has 1 unspecified atom stereocenters.